The van der Waals surface area contributed by atoms with Crippen molar-refractivity contribution < 1.29 is 15.1 Å². The molecule has 1 aromatic heterocycles. The summed E-state index contributed by atoms with van der Waals surface area (Å²) in [6, 6.07) is 6.99. The Kier molecular flexibility index (Phi) is 4.84. The summed E-state index contributed by atoms with van der Waals surface area (Å²) in [6.45, 7) is 0. The lowest BCUT2D eigenvalue weighted by molar-refractivity contribution is -0.136. The minimum absolute atomic E-state index is 0.0958. The number of carbonyl (C=O) groups is 1. The fraction of sp³-hybridized carbons (Fsp3) is 0.143. The van der Waals surface area contributed by atoms with Gasteiger partial charge in [0.05, 0.1) is 17.2 Å². The van der Waals surface area contributed by atoms with Crippen molar-refractivity contribution in [1.29, 1.82) is 0 Å². The number of hydrogen-bond acceptors (Lipinski definition) is 5. The highest BCUT2D eigenvalue weighted by atomic mass is 35.5. The molecule has 108 valence electrons. The van der Waals surface area contributed by atoms with Crippen molar-refractivity contribution in [3.05, 3.63) is 47.2 Å². The molecular formula is C14H12ClN3O3. The second kappa shape index (κ2) is 6.81. The number of oxime groups is 1. The van der Waals surface area contributed by atoms with Gasteiger partial charge in [0, 0.05) is 24.4 Å². The Labute approximate surface area is 125 Å². The van der Waals surface area contributed by atoms with Gasteiger partial charge in [0.15, 0.2) is 5.82 Å². The molecule has 1 heterocycles. The third-order valence-electron chi connectivity index (χ3n) is 2.79. The van der Waals surface area contributed by atoms with Crippen LogP contribution in [-0.4, -0.2) is 32.0 Å². The number of aliphatic carboxylic acids is 1. The minimum atomic E-state index is -0.942. The molecule has 2 N–H and O–H groups in total. The van der Waals surface area contributed by atoms with E-state index in [1.54, 1.807) is 24.3 Å². The van der Waals surface area contributed by atoms with Gasteiger partial charge in [-0.25, -0.2) is 9.97 Å². The lowest BCUT2D eigenvalue weighted by atomic mass is 10.0. The smallest absolute Gasteiger partial charge is 0.303 e. The molecule has 0 aliphatic heterocycles. The average molecular weight is 306 g/mol. The van der Waals surface area contributed by atoms with Crippen LogP contribution in [0.3, 0.4) is 0 Å². The zero-order valence-electron chi connectivity index (χ0n) is 10.9. The maximum absolute atomic E-state index is 10.6. The number of hydrogen-bond donors (Lipinski definition) is 2. The van der Waals surface area contributed by atoms with Gasteiger partial charge in [-0.1, -0.05) is 41.0 Å². The predicted molar refractivity (Wildman–Crippen MR) is 77.7 cm³/mol. The van der Waals surface area contributed by atoms with E-state index in [2.05, 4.69) is 15.1 Å². The summed E-state index contributed by atoms with van der Waals surface area (Å²) in [7, 11) is 0. The highest BCUT2D eigenvalue weighted by Crippen LogP contribution is 2.17. The van der Waals surface area contributed by atoms with Gasteiger partial charge in [-0.05, 0) is 5.56 Å². The molecule has 21 heavy (non-hydrogen) atoms. The first-order chi connectivity index (χ1) is 10.1. The molecule has 0 radical (unpaired) electrons. The van der Waals surface area contributed by atoms with Crippen molar-refractivity contribution in [2.45, 2.75) is 12.8 Å². The second-order valence-corrected chi connectivity index (χ2v) is 4.68. The lowest BCUT2D eigenvalue weighted by Crippen LogP contribution is -2.05. The number of aromatic nitrogens is 2. The summed E-state index contributed by atoms with van der Waals surface area (Å²) in [5.41, 5.74) is 1.75. The molecule has 0 saturated carbocycles. The van der Waals surface area contributed by atoms with Gasteiger partial charge in [0.1, 0.15) is 0 Å². The van der Waals surface area contributed by atoms with E-state index in [0.29, 0.717) is 22.1 Å². The Morgan fingerprint density at radius 2 is 1.76 bits per heavy atom. The summed E-state index contributed by atoms with van der Waals surface area (Å²) in [4.78, 5) is 18.8. The van der Waals surface area contributed by atoms with Crippen LogP contribution < -0.4 is 0 Å². The van der Waals surface area contributed by atoms with E-state index in [-0.39, 0.29) is 12.8 Å². The fourth-order valence-corrected chi connectivity index (χ4v) is 1.85. The van der Waals surface area contributed by atoms with Gasteiger partial charge in [-0.2, -0.15) is 0 Å². The normalized spacial score (nSPS) is 11.4. The van der Waals surface area contributed by atoms with E-state index >= 15 is 0 Å². The molecular weight excluding hydrogens is 294 g/mol. The summed E-state index contributed by atoms with van der Waals surface area (Å²) < 4.78 is 0. The van der Waals surface area contributed by atoms with Crippen LogP contribution in [0.2, 0.25) is 5.02 Å². The first kappa shape index (κ1) is 14.9. The monoisotopic (exact) mass is 305 g/mol. The minimum Gasteiger partial charge on any atom is -0.481 e. The van der Waals surface area contributed by atoms with Crippen LogP contribution in [-0.2, 0) is 4.79 Å². The predicted octanol–water partition coefficient (Wildman–Crippen LogP) is 2.84. The largest absolute Gasteiger partial charge is 0.481 e. The fourth-order valence-electron chi connectivity index (χ4n) is 1.75. The van der Waals surface area contributed by atoms with Crippen molar-refractivity contribution >= 4 is 23.3 Å². The standard InChI is InChI=1S/C14H12ClN3O3/c15-11-7-16-14(17-8-11)10-3-1-9(2-4-10)12(18-21)5-6-13(19)20/h1-4,7-8,21H,5-6H2,(H,19,20)/b18-12+. The Balaban J connectivity index is 2.18. The molecule has 0 atom stereocenters. The molecule has 0 saturated heterocycles. The van der Waals surface area contributed by atoms with E-state index in [1.165, 1.54) is 12.4 Å². The van der Waals surface area contributed by atoms with Crippen molar-refractivity contribution in [2.75, 3.05) is 0 Å². The Morgan fingerprint density at radius 1 is 1.14 bits per heavy atom. The van der Waals surface area contributed by atoms with Gasteiger partial charge in [0.2, 0.25) is 0 Å². The van der Waals surface area contributed by atoms with Crippen LogP contribution in [0.5, 0.6) is 0 Å². The Morgan fingerprint density at radius 3 is 2.29 bits per heavy atom. The lowest BCUT2D eigenvalue weighted by Gasteiger charge is -2.05. The van der Waals surface area contributed by atoms with Crippen molar-refractivity contribution in [1.82, 2.24) is 9.97 Å². The number of carboxylic acids is 1. The van der Waals surface area contributed by atoms with Crippen LogP contribution in [0.25, 0.3) is 11.4 Å². The maximum Gasteiger partial charge on any atom is 0.303 e. The van der Waals surface area contributed by atoms with E-state index in [4.69, 9.17) is 21.9 Å². The molecule has 0 unspecified atom stereocenters. The third kappa shape index (κ3) is 4.00. The number of carboxylic acid groups (broad SMARTS) is 1. The highest BCUT2D eigenvalue weighted by molar-refractivity contribution is 6.30. The van der Waals surface area contributed by atoms with Crippen LogP contribution in [0.4, 0.5) is 0 Å². The van der Waals surface area contributed by atoms with Crippen molar-refractivity contribution in [3.63, 3.8) is 0 Å². The molecule has 0 aliphatic rings. The van der Waals surface area contributed by atoms with Gasteiger partial charge in [-0.15, -0.1) is 0 Å². The number of benzene rings is 1. The van der Waals surface area contributed by atoms with Gasteiger partial charge in [-0.3, -0.25) is 4.79 Å². The zero-order chi connectivity index (χ0) is 15.2. The van der Waals surface area contributed by atoms with Crippen molar-refractivity contribution in [2.24, 2.45) is 5.16 Å². The number of nitrogens with zero attached hydrogens (tertiary/aromatic N) is 3. The topological polar surface area (TPSA) is 95.7 Å². The molecule has 7 heteroatoms. The van der Waals surface area contributed by atoms with Crippen LogP contribution in [0.15, 0.2) is 41.8 Å². The summed E-state index contributed by atoms with van der Waals surface area (Å²) in [6.07, 6.45) is 3.07. The molecule has 0 spiro atoms. The summed E-state index contributed by atoms with van der Waals surface area (Å²) in [5, 5.41) is 21.2. The SMILES string of the molecule is O=C(O)CC/C(=N\O)c1ccc(-c2ncc(Cl)cn2)cc1. The van der Waals surface area contributed by atoms with Crippen LogP contribution in [0, 0.1) is 0 Å². The van der Waals surface area contributed by atoms with E-state index in [0.717, 1.165) is 5.56 Å². The molecule has 1 aromatic carbocycles. The molecule has 6 nitrogen and oxygen atoms in total. The van der Waals surface area contributed by atoms with Crippen molar-refractivity contribution in [3.8, 4) is 11.4 Å². The van der Waals surface area contributed by atoms with Crippen LogP contribution in [0.1, 0.15) is 18.4 Å². The quantitative estimate of drug-likeness (QED) is 0.503. The second-order valence-electron chi connectivity index (χ2n) is 4.24. The molecule has 0 aliphatic carbocycles. The number of halogens is 1. The molecule has 2 aromatic rings. The molecule has 0 fully saturated rings. The molecule has 0 bridgehead atoms. The van der Waals surface area contributed by atoms with E-state index in [1.807, 2.05) is 0 Å². The van der Waals surface area contributed by atoms with Gasteiger partial charge in [0.25, 0.3) is 0 Å². The average Bonchev–Trinajstić information content (AvgIpc) is 2.49. The third-order valence-corrected chi connectivity index (χ3v) is 2.99. The Hall–Kier alpha value is -2.47. The van der Waals surface area contributed by atoms with Crippen LogP contribution >= 0.6 is 11.6 Å². The number of rotatable bonds is 5. The Bertz CT molecular complexity index is 654. The highest BCUT2D eigenvalue weighted by Gasteiger charge is 2.08. The first-order valence-corrected chi connectivity index (χ1v) is 6.49. The zero-order valence-corrected chi connectivity index (χ0v) is 11.7. The maximum atomic E-state index is 10.6. The molecule has 2 rings (SSSR count). The van der Waals surface area contributed by atoms with E-state index < -0.39 is 5.97 Å². The summed E-state index contributed by atoms with van der Waals surface area (Å²) in [5.74, 6) is -0.415. The van der Waals surface area contributed by atoms with Gasteiger partial charge < -0.3 is 10.3 Å². The summed E-state index contributed by atoms with van der Waals surface area (Å²) >= 11 is 5.73. The van der Waals surface area contributed by atoms with Gasteiger partial charge >= 0.3 is 5.97 Å². The first-order valence-electron chi connectivity index (χ1n) is 6.11. The molecule has 0 amide bonds. The van der Waals surface area contributed by atoms with E-state index in [9.17, 15) is 4.79 Å².